The molecule has 0 radical (unpaired) electrons. The molecule has 1 atom stereocenters. The smallest absolute Gasteiger partial charge is 0.0494 e. The molecule has 12 heavy (non-hydrogen) atoms. The molecule has 1 aliphatic rings. The lowest BCUT2D eigenvalue weighted by molar-refractivity contribution is 0.849. The topological polar surface area (TPSA) is 12.0 Å². The van der Waals surface area contributed by atoms with Gasteiger partial charge in [-0.15, -0.1) is 0 Å². The normalized spacial score (nSPS) is 21.9. The third kappa shape index (κ3) is 1.09. The van der Waals surface area contributed by atoms with Crippen LogP contribution in [0.1, 0.15) is 32.3 Å². The zero-order valence-corrected chi connectivity index (χ0v) is 7.59. The Balaban J connectivity index is 2.45. The number of fused-ring (bicyclic) bond motifs is 1. The van der Waals surface area contributed by atoms with Crippen LogP contribution < -0.4 is 5.32 Å². The molecule has 0 aliphatic carbocycles. The molecule has 1 heterocycles. The second kappa shape index (κ2) is 2.81. The first-order valence-electron chi connectivity index (χ1n) is 5.07. The van der Waals surface area contributed by atoms with Gasteiger partial charge >= 0.3 is 0 Å². The van der Waals surface area contributed by atoms with Crippen molar-refractivity contribution in [2.75, 3.05) is 11.8 Å². The SMILES string of the molecule is [3H]C1Cc2c(cccc2C(C)C)N1. The van der Waals surface area contributed by atoms with Gasteiger partial charge in [0.05, 0.1) is 0 Å². The van der Waals surface area contributed by atoms with Gasteiger partial charge in [0, 0.05) is 13.6 Å². The van der Waals surface area contributed by atoms with Crippen LogP contribution in [0.4, 0.5) is 5.69 Å². The molecular weight excluding hydrogens is 146 g/mol. The standard InChI is InChI=1S/C11H15N/c1-8(2)9-4-3-5-11-10(9)6-7-12-11/h3-5,8,12H,6-7H2,1-2H3/i7T. The highest BCUT2D eigenvalue weighted by Gasteiger charge is 2.14. The second-order valence-corrected chi connectivity index (χ2v) is 3.58. The predicted molar refractivity (Wildman–Crippen MR) is 52.7 cm³/mol. The molecule has 1 aromatic carbocycles. The van der Waals surface area contributed by atoms with E-state index in [1.807, 2.05) is 0 Å². The van der Waals surface area contributed by atoms with Crippen molar-refractivity contribution in [2.24, 2.45) is 0 Å². The van der Waals surface area contributed by atoms with Crippen molar-refractivity contribution in [1.29, 1.82) is 0 Å². The molecule has 1 nitrogen and oxygen atoms in total. The molecule has 1 aliphatic heterocycles. The van der Waals surface area contributed by atoms with Crippen LogP contribution in [0.3, 0.4) is 0 Å². The van der Waals surface area contributed by atoms with Crippen molar-refractivity contribution in [3.8, 4) is 0 Å². The van der Waals surface area contributed by atoms with E-state index in [4.69, 9.17) is 1.37 Å². The van der Waals surface area contributed by atoms with Crippen LogP contribution in [0.15, 0.2) is 18.2 Å². The van der Waals surface area contributed by atoms with Gasteiger partial charge in [-0.1, -0.05) is 26.0 Å². The van der Waals surface area contributed by atoms with E-state index in [1.165, 1.54) is 11.1 Å². The van der Waals surface area contributed by atoms with Gasteiger partial charge in [0.2, 0.25) is 0 Å². The summed E-state index contributed by atoms with van der Waals surface area (Å²) in [6.45, 7) is 4.26. The van der Waals surface area contributed by atoms with Gasteiger partial charge in [-0.2, -0.15) is 0 Å². The van der Waals surface area contributed by atoms with Crippen LogP contribution in [0, 0.1) is 0 Å². The molecule has 0 aromatic heterocycles. The first kappa shape index (κ1) is 6.53. The van der Waals surface area contributed by atoms with E-state index >= 15 is 0 Å². The molecule has 1 aromatic rings. The molecular formula is C11H15N. The summed E-state index contributed by atoms with van der Waals surface area (Å²) >= 11 is 0. The Morgan fingerprint density at radius 2 is 2.33 bits per heavy atom. The summed E-state index contributed by atoms with van der Waals surface area (Å²) < 4.78 is 7.64. The van der Waals surface area contributed by atoms with E-state index in [0.29, 0.717) is 5.92 Å². The minimum Gasteiger partial charge on any atom is -0.384 e. The average Bonchev–Trinajstić information content (AvgIpc) is 2.43. The fraction of sp³-hybridized carbons (Fsp3) is 0.455. The van der Waals surface area contributed by atoms with Gasteiger partial charge in [0.15, 0.2) is 0 Å². The molecule has 64 valence electrons. The summed E-state index contributed by atoms with van der Waals surface area (Å²) in [5.74, 6) is 0.557. The lowest BCUT2D eigenvalue weighted by Gasteiger charge is -2.10. The third-order valence-corrected chi connectivity index (χ3v) is 2.40. The van der Waals surface area contributed by atoms with E-state index in [1.54, 1.807) is 0 Å². The molecule has 1 heteroatoms. The summed E-state index contributed by atoms with van der Waals surface area (Å²) in [7, 11) is 0. The maximum Gasteiger partial charge on any atom is 0.0494 e. The lowest BCUT2D eigenvalue weighted by atomic mass is 9.96. The van der Waals surface area contributed by atoms with Crippen LogP contribution in [-0.4, -0.2) is 6.52 Å². The predicted octanol–water partition coefficient (Wildman–Crippen LogP) is 2.78. The summed E-state index contributed by atoms with van der Waals surface area (Å²) in [6, 6.07) is 6.30. The highest BCUT2D eigenvalue weighted by atomic mass is 14.9. The van der Waals surface area contributed by atoms with Gasteiger partial charge in [-0.25, -0.2) is 0 Å². The summed E-state index contributed by atoms with van der Waals surface area (Å²) in [4.78, 5) is 0. The fourth-order valence-electron chi connectivity index (χ4n) is 1.77. The number of nitrogens with one attached hydrogen (secondary N) is 1. The molecule has 2 rings (SSSR count). The molecule has 0 bridgehead atoms. The monoisotopic (exact) mass is 163 g/mol. The Bertz CT molecular complexity index is 320. The van der Waals surface area contributed by atoms with E-state index in [-0.39, 0.29) is 6.52 Å². The van der Waals surface area contributed by atoms with E-state index < -0.39 is 0 Å². The second-order valence-electron chi connectivity index (χ2n) is 3.58. The Kier molecular flexibility index (Phi) is 1.53. The molecule has 0 saturated carbocycles. The van der Waals surface area contributed by atoms with Crippen LogP contribution in [0.5, 0.6) is 0 Å². The number of hydrogen-bond donors (Lipinski definition) is 1. The van der Waals surface area contributed by atoms with Crippen molar-refractivity contribution in [3.05, 3.63) is 29.3 Å². The molecule has 1 unspecified atom stereocenters. The Morgan fingerprint density at radius 1 is 1.50 bits per heavy atom. The lowest BCUT2D eigenvalue weighted by Crippen LogP contribution is -1.93. The van der Waals surface area contributed by atoms with Gasteiger partial charge in [-0.3, -0.25) is 0 Å². The maximum absolute atomic E-state index is 7.64. The van der Waals surface area contributed by atoms with Crippen molar-refractivity contribution in [3.63, 3.8) is 0 Å². The third-order valence-electron chi connectivity index (χ3n) is 2.40. The summed E-state index contributed by atoms with van der Waals surface area (Å²) in [6.07, 6.45) is 0.851. The molecule has 1 N–H and O–H groups in total. The van der Waals surface area contributed by atoms with Crippen LogP contribution in [-0.2, 0) is 6.42 Å². The zero-order chi connectivity index (χ0) is 9.42. The average molecular weight is 163 g/mol. The maximum atomic E-state index is 7.64. The Morgan fingerprint density at radius 3 is 3.08 bits per heavy atom. The number of rotatable bonds is 1. The number of anilines is 1. The van der Waals surface area contributed by atoms with Crippen LogP contribution in [0.25, 0.3) is 0 Å². The highest BCUT2D eigenvalue weighted by Crippen LogP contribution is 2.29. The number of benzene rings is 1. The molecule has 0 amide bonds. The number of hydrogen-bond acceptors (Lipinski definition) is 1. The summed E-state index contributed by atoms with van der Waals surface area (Å²) in [5.41, 5.74) is 3.89. The van der Waals surface area contributed by atoms with Crippen molar-refractivity contribution >= 4 is 5.69 Å². The fourth-order valence-corrected chi connectivity index (χ4v) is 1.77. The van der Waals surface area contributed by atoms with E-state index in [9.17, 15) is 0 Å². The molecule has 0 spiro atoms. The first-order chi connectivity index (χ1) is 6.18. The van der Waals surface area contributed by atoms with Crippen LogP contribution >= 0.6 is 0 Å². The van der Waals surface area contributed by atoms with E-state index in [2.05, 4.69) is 37.4 Å². The molecule has 0 fully saturated rings. The van der Waals surface area contributed by atoms with Crippen molar-refractivity contribution in [1.82, 2.24) is 0 Å². The van der Waals surface area contributed by atoms with Crippen molar-refractivity contribution in [2.45, 2.75) is 26.2 Å². The van der Waals surface area contributed by atoms with Crippen LogP contribution in [0.2, 0.25) is 0 Å². The van der Waals surface area contributed by atoms with Gasteiger partial charge in [0.1, 0.15) is 0 Å². The zero-order valence-electron chi connectivity index (χ0n) is 8.59. The van der Waals surface area contributed by atoms with Crippen molar-refractivity contribution < 1.29 is 1.37 Å². The first-order valence-corrected chi connectivity index (χ1v) is 4.49. The Labute approximate surface area is 75.2 Å². The minimum atomic E-state index is -0.144. The van der Waals surface area contributed by atoms with Gasteiger partial charge in [0.25, 0.3) is 0 Å². The summed E-state index contributed by atoms with van der Waals surface area (Å²) in [5, 5.41) is 3.16. The van der Waals surface area contributed by atoms with Gasteiger partial charge < -0.3 is 5.32 Å². The Hall–Kier alpha value is -0.980. The quantitative estimate of drug-likeness (QED) is 0.671. The van der Waals surface area contributed by atoms with E-state index in [0.717, 1.165) is 12.1 Å². The highest BCUT2D eigenvalue weighted by molar-refractivity contribution is 5.59. The largest absolute Gasteiger partial charge is 0.384 e. The van der Waals surface area contributed by atoms with Gasteiger partial charge in [-0.05, 0) is 29.5 Å². The molecule has 0 saturated heterocycles. The minimum absolute atomic E-state index is 0.144.